The molecule has 186 valence electrons. The van der Waals surface area contributed by atoms with Crippen molar-refractivity contribution in [2.24, 2.45) is 0 Å². The van der Waals surface area contributed by atoms with E-state index < -0.39 is 22.4 Å². The SMILES string of the molecule is CCn1c(=O)n(CCC(=O)N2CCN(c3ccc(C(F)(F)F)cc3[N+](=O)[O-])CC2)c2ccccc21. The van der Waals surface area contributed by atoms with Gasteiger partial charge in [-0.25, -0.2) is 4.79 Å². The number of carbonyl (C=O) groups excluding carboxylic acids is 1. The minimum absolute atomic E-state index is 0.0917. The largest absolute Gasteiger partial charge is 0.416 e. The van der Waals surface area contributed by atoms with E-state index in [0.717, 1.165) is 23.2 Å². The number of hydrogen-bond donors (Lipinski definition) is 0. The van der Waals surface area contributed by atoms with Crippen LogP contribution in [0.4, 0.5) is 24.5 Å². The zero-order valence-corrected chi connectivity index (χ0v) is 19.0. The van der Waals surface area contributed by atoms with E-state index in [1.54, 1.807) is 18.9 Å². The molecule has 9 nitrogen and oxygen atoms in total. The summed E-state index contributed by atoms with van der Waals surface area (Å²) in [6.45, 7) is 3.63. The predicted octanol–water partition coefficient (Wildman–Crippen LogP) is 3.49. The molecule has 0 atom stereocenters. The molecule has 2 aromatic carbocycles. The standard InChI is InChI=1S/C23H24F3N5O4/c1-2-29-18-5-3-4-6-19(18)30(22(29)33)10-9-21(32)28-13-11-27(12-14-28)17-8-7-16(23(24,25)26)15-20(17)31(34)35/h3-8,15H,2,9-14H2,1H3. The molecule has 2 heterocycles. The number of para-hydroxylation sites is 2. The lowest BCUT2D eigenvalue weighted by molar-refractivity contribution is -0.384. The molecule has 1 aliphatic heterocycles. The Labute approximate surface area is 198 Å². The molecule has 0 aliphatic carbocycles. The molecule has 1 saturated heterocycles. The van der Waals surface area contributed by atoms with Crippen molar-refractivity contribution in [2.75, 3.05) is 31.1 Å². The molecule has 12 heteroatoms. The van der Waals surface area contributed by atoms with Crippen molar-refractivity contribution in [1.82, 2.24) is 14.0 Å². The Hall–Kier alpha value is -3.83. The van der Waals surface area contributed by atoms with E-state index in [1.807, 2.05) is 31.2 Å². The number of nitro benzene ring substituents is 1. The Bertz CT molecular complexity index is 1320. The summed E-state index contributed by atoms with van der Waals surface area (Å²) in [5.74, 6) is -0.160. The Morgan fingerprint density at radius 3 is 2.23 bits per heavy atom. The minimum atomic E-state index is -4.68. The maximum atomic E-state index is 13.0. The number of imidazole rings is 1. The predicted molar refractivity (Wildman–Crippen MR) is 123 cm³/mol. The third-order valence-corrected chi connectivity index (χ3v) is 6.26. The molecule has 35 heavy (non-hydrogen) atoms. The highest BCUT2D eigenvalue weighted by molar-refractivity contribution is 5.78. The molecular weight excluding hydrogens is 467 g/mol. The van der Waals surface area contributed by atoms with Crippen molar-refractivity contribution >= 4 is 28.3 Å². The highest BCUT2D eigenvalue weighted by Crippen LogP contribution is 2.36. The van der Waals surface area contributed by atoms with Gasteiger partial charge in [-0.2, -0.15) is 13.2 Å². The van der Waals surface area contributed by atoms with Gasteiger partial charge in [-0.3, -0.25) is 24.0 Å². The van der Waals surface area contributed by atoms with Gasteiger partial charge in [0.05, 0.1) is 21.5 Å². The number of hydrogen-bond acceptors (Lipinski definition) is 5. The lowest BCUT2D eigenvalue weighted by atomic mass is 10.1. The fourth-order valence-corrected chi connectivity index (χ4v) is 4.47. The van der Waals surface area contributed by atoms with Gasteiger partial charge in [0.15, 0.2) is 0 Å². The summed E-state index contributed by atoms with van der Waals surface area (Å²) in [6.07, 6.45) is -4.57. The maximum Gasteiger partial charge on any atom is 0.416 e. The van der Waals surface area contributed by atoms with Crippen LogP contribution in [-0.4, -0.2) is 51.0 Å². The molecule has 0 spiro atoms. The average molecular weight is 491 g/mol. The number of benzene rings is 2. The normalized spacial score (nSPS) is 14.5. The van der Waals surface area contributed by atoms with Crippen LogP contribution in [0.1, 0.15) is 18.9 Å². The van der Waals surface area contributed by atoms with Crippen LogP contribution in [-0.2, 0) is 24.1 Å². The first-order valence-corrected chi connectivity index (χ1v) is 11.2. The van der Waals surface area contributed by atoms with Gasteiger partial charge in [-0.15, -0.1) is 0 Å². The number of carbonyl (C=O) groups is 1. The summed E-state index contributed by atoms with van der Waals surface area (Å²) < 4.78 is 42.1. The molecular formula is C23H24F3N5O4. The number of piperazine rings is 1. The number of halogens is 3. The molecule has 0 unspecified atom stereocenters. The van der Waals surface area contributed by atoms with Crippen LogP contribution >= 0.6 is 0 Å². The summed E-state index contributed by atoms with van der Waals surface area (Å²) in [5.41, 5.74) is -0.228. The number of alkyl halides is 3. The van der Waals surface area contributed by atoms with Gasteiger partial charge in [0.25, 0.3) is 5.69 Å². The van der Waals surface area contributed by atoms with Crippen molar-refractivity contribution in [3.63, 3.8) is 0 Å². The zero-order chi connectivity index (χ0) is 25.3. The minimum Gasteiger partial charge on any atom is -0.362 e. The Morgan fingerprint density at radius 2 is 1.66 bits per heavy atom. The molecule has 1 aromatic heterocycles. The van der Waals surface area contributed by atoms with Gasteiger partial charge in [-0.05, 0) is 31.2 Å². The van der Waals surface area contributed by atoms with Crippen molar-refractivity contribution in [3.8, 4) is 0 Å². The Morgan fingerprint density at radius 1 is 1.03 bits per heavy atom. The third-order valence-electron chi connectivity index (χ3n) is 6.26. The van der Waals surface area contributed by atoms with Crippen LogP contribution in [0.25, 0.3) is 11.0 Å². The third kappa shape index (κ3) is 4.73. The van der Waals surface area contributed by atoms with Crippen molar-refractivity contribution in [1.29, 1.82) is 0 Å². The number of rotatable bonds is 6. The lowest BCUT2D eigenvalue weighted by Gasteiger charge is -2.36. The van der Waals surface area contributed by atoms with E-state index in [0.29, 0.717) is 12.6 Å². The summed E-state index contributed by atoms with van der Waals surface area (Å²) in [4.78, 5) is 39.4. The molecule has 0 radical (unpaired) electrons. The highest BCUT2D eigenvalue weighted by Gasteiger charge is 2.34. The Balaban J connectivity index is 1.42. The molecule has 1 amide bonds. The fourth-order valence-electron chi connectivity index (χ4n) is 4.47. The quantitative estimate of drug-likeness (QED) is 0.389. The first-order chi connectivity index (χ1) is 16.6. The number of nitro groups is 1. The molecule has 1 fully saturated rings. The van der Waals surface area contributed by atoms with Crippen LogP contribution in [0, 0.1) is 10.1 Å². The first kappa shape index (κ1) is 24.3. The summed E-state index contributed by atoms with van der Waals surface area (Å²) in [5, 5.41) is 11.4. The highest BCUT2D eigenvalue weighted by atomic mass is 19.4. The van der Waals surface area contributed by atoms with Crippen LogP contribution in [0.2, 0.25) is 0 Å². The van der Waals surface area contributed by atoms with Crippen LogP contribution < -0.4 is 10.6 Å². The van der Waals surface area contributed by atoms with Crippen LogP contribution in [0.5, 0.6) is 0 Å². The second-order valence-corrected chi connectivity index (χ2v) is 8.24. The molecule has 0 bridgehead atoms. The fraction of sp³-hybridized carbons (Fsp3) is 0.391. The second-order valence-electron chi connectivity index (χ2n) is 8.24. The van der Waals surface area contributed by atoms with E-state index in [2.05, 4.69) is 0 Å². The number of aryl methyl sites for hydroxylation is 2. The number of anilines is 1. The molecule has 1 aliphatic rings. The average Bonchev–Trinajstić information content (AvgIpc) is 3.11. The number of amides is 1. The van der Waals surface area contributed by atoms with Crippen molar-refractivity contribution in [2.45, 2.75) is 32.6 Å². The monoisotopic (exact) mass is 491 g/mol. The van der Waals surface area contributed by atoms with Crippen LogP contribution in [0.3, 0.4) is 0 Å². The molecule has 3 aromatic rings. The van der Waals surface area contributed by atoms with Gasteiger partial charge in [0.1, 0.15) is 5.69 Å². The van der Waals surface area contributed by atoms with Crippen molar-refractivity contribution in [3.05, 3.63) is 68.6 Å². The molecule has 0 N–H and O–H groups in total. The summed E-state index contributed by atoms with van der Waals surface area (Å²) >= 11 is 0. The summed E-state index contributed by atoms with van der Waals surface area (Å²) in [7, 11) is 0. The van der Waals surface area contributed by atoms with E-state index in [-0.39, 0.29) is 56.4 Å². The maximum absolute atomic E-state index is 13.0. The molecule has 4 rings (SSSR count). The number of nitrogens with zero attached hydrogens (tertiary/aromatic N) is 5. The second kappa shape index (κ2) is 9.43. The van der Waals surface area contributed by atoms with Crippen LogP contribution in [0.15, 0.2) is 47.3 Å². The zero-order valence-electron chi connectivity index (χ0n) is 19.0. The Kier molecular flexibility index (Phi) is 6.55. The van der Waals surface area contributed by atoms with E-state index in [4.69, 9.17) is 0 Å². The topological polar surface area (TPSA) is 93.6 Å². The van der Waals surface area contributed by atoms with Crippen molar-refractivity contribution < 1.29 is 22.9 Å². The van der Waals surface area contributed by atoms with E-state index in [1.165, 1.54) is 0 Å². The smallest absolute Gasteiger partial charge is 0.362 e. The lowest BCUT2D eigenvalue weighted by Crippen LogP contribution is -2.49. The van der Waals surface area contributed by atoms with Gasteiger partial charge in [0, 0.05) is 51.8 Å². The number of fused-ring (bicyclic) bond motifs is 1. The van der Waals surface area contributed by atoms with Gasteiger partial charge in [-0.1, -0.05) is 12.1 Å². The van der Waals surface area contributed by atoms with Gasteiger partial charge < -0.3 is 9.80 Å². The number of aromatic nitrogens is 2. The molecule has 0 saturated carbocycles. The van der Waals surface area contributed by atoms with E-state index in [9.17, 15) is 32.9 Å². The van der Waals surface area contributed by atoms with Gasteiger partial charge in [0.2, 0.25) is 5.91 Å². The van der Waals surface area contributed by atoms with E-state index >= 15 is 0 Å². The summed E-state index contributed by atoms with van der Waals surface area (Å²) in [6, 6.07) is 9.85. The van der Waals surface area contributed by atoms with Gasteiger partial charge >= 0.3 is 11.9 Å². The first-order valence-electron chi connectivity index (χ1n) is 11.2.